The zero-order valence-corrected chi connectivity index (χ0v) is 9.42. The van der Waals surface area contributed by atoms with Gasteiger partial charge in [-0.1, -0.05) is 32.0 Å². The van der Waals surface area contributed by atoms with Gasteiger partial charge in [-0.3, -0.25) is 4.79 Å². The number of hydrogen-bond donors (Lipinski definition) is 0. The highest BCUT2D eigenvalue weighted by molar-refractivity contribution is 5.95. The van der Waals surface area contributed by atoms with Crippen LogP contribution in [0.5, 0.6) is 0 Å². The number of hydrogen-bond acceptors (Lipinski definition) is 1. The predicted molar refractivity (Wildman–Crippen MR) is 59.7 cm³/mol. The lowest BCUT2D eigenvalue weighted by molar-refractivity contribution is 0.101. The van der Waals surface area contributed by atoms with Crippen LogP contribution in [0.25, 0.3) is 0 Å². The number of Topliss-reactive ketones (excluding diaryl/α,β-unsaturated/α-hetero) is 1. The highest BCUT2D eigenvalue weighted by Gasteiger charge is 2.05. The van der Waals surface area contributed by atoms with Gasteiger partial charge in [0.25, 0.3) is 0 Å². The molecule has 1 aromatic carbocycles. The highest BCUT2D eigenvalue weighted by atomic mass is 16.1. The molecule has 0 aliphatic heterocycles. The van der Waals surface area contributed by atoms with Crippen LogP contribution in [0.4, 0.5) is 0 Å². The molecule has 0 aliphatic rings. The third kappa shape index (κ3) is 2.69. The Hall–Kier alpha value is -1.11. The molecule has 0 atom stereocenters. The van der Waals surface area contributed by atoms with Crippen LogP contribution in [-0.4, -0.2) is 5.78 Å². The van der Waals surface area contributed by atoms with Crippen molar-refractivity contribution in [1.82, 2.24) is 0 Å². The summed E-state index contributed by atoms with van der Waals surface area (Å²) in [7, 11) is 0. The Morgan fingerprint density at radius 3 is 2.43 bits per heavy atom. The van der Waals surface area contributed by atoms with Gasteiger partial charge in [0.2, 0.25) is 0 Å². The van der Waals surface area contributed by atoms with Crippen molar-refractivity contribution in [3.8, 4) is 0 Å². The lowest BCUT2D eigenvalue weighted by Gasteiger charge is -2.08. The van der Waals surface area contributed by atoms with E-state index in [1.54, 1.807) is 6.92 Å². The number of rotatable bonds is 3. The van der Waals surface area contributed by atoms with Gasteiger partial charge in [0.15, 0.2) is 5.78 Å². The summed E-state index contributed by atoms with van der Waals surface area (Å²) in [5.41, 5.74) is 3.26. The summed E-state index contributed by atoms with van der Waals surface area (Å²) in [6.45, 7) is 8.02. The van der Waals surface area contributed by atoms with Crippen LogP contribution in [0.15, 0.2) is 18.2 Å². The minimum atomic E-state index is 0.151. The van der Waals surface area contributed by atoms with Gasteiger partial charge in [0.1, 0.15) is 0 Å². The third-order valence-electron chi connectivity index (χ3n) is 2.31. The Labute approximate surface area is 86.1 Å². The molecule has 0 N–H and O–H groups in total. The van der Waals surface area contributed by atoms with E-state index in [2.05, 4.69) is 26.0 Å². The Kier molecular flexibility index (Phi) is 3.45. The van der Waals surface area contributed by atoms with Gasteiger partial charge in [-0.05, 0) is 37.3 Å². The molecule has 0 bridgehead atoms. The van der Waals surface area contributed by atoms with Crippen LogP contribution in [0.3, 0.4) is 0 Å². The van der Waals surface area contributed by atoms with E-state index < -0.39 is 0 Å². The largest absolute Gasteiger partial charge is 0.295 e. The number of carbonyl (C=O) groups is 1. The molecule has 1 nitrogen and oxygen atoms in total. The average molecular weight is 190 g/mol. The molecule has 0 amide bonds. The Balaban J connectivity index is 2.94. The van der Waals surface area contributed by atoms with Crippen molar-refractivity contribution in [2.75, 3.05) is 0 Å². The maximum Gasteiger partial charge on any atom is 0.160 e. The lowest BCUT2D eigenvalue weighted by atomic mass is 9.97. The molecule has 0 saturated carbocycles. The summed E-state index contributed by atoms with van der Waals surface area (Å²) in [6, 6.07) is 6.12. The van der Waals surface area contributed by atoms with E-state index in [0.29, 0.717) is 5.92 Å². The summed E-state index contributed by atoms with van der Waals surface area (Å²) >= 11 is 0. The number of aryl methyl sites for hydroxylation is 1. The zero-order valence-electron chi connectivity index (χ0n) is 9.42. The first-order valence-corrected chi connectivity index (χ1v) is 5.11. The molecule has 0 radical (unpaired) electrons. The van der Waals surface area contributed by atoms with E-state index in [1.165, 1.54) is 5.56 Å². The molecule has 1 rings (SSSR count). The topological polar surface area (TPSA) is 17.1 Å². The van der Waals surface area contributed by atoms with Gasteiger partial charge >= 0.3 is 0 Å². The van der Waals surface area contributed by atoms with Crippen LogP contribution >= 0.6 is 0 Å². The Bertz CT molecular complexity index is 337. The first-order chi connectivity index (χ1) is 6.50. The molecule has 0 aromatic heterocycles. The van der Waals surface area contributed by atoms with E-state index in [1.807, 2.05) is 13.0 Å². The summed E-state index contributed by atoms with van der Waals surface area (Å²) in [5, 5.41) is 0. The molecule has 0 spiro atoms. The van der Waals surface area contributed by atoms with Crippen LogP contribution in [0.1, 0.15) is 42.3 Å². The van der Waals surface area contributed by atoms with Gasteiger partial charge in [0, 0.05) is 5.56 Å². The number of carbonyl (C=O) groups excluding carboxylic acids is 1. The molecular formula is C13H18O. The molecule has 0 heterocycles. The van der Waals surface area contributed by atoms with Crippen molar-refractivity contribution in [2.45, 2.75) is 34.1 Å². The average Bonchev–Trinajstić information content (AvgIpc) is 2.01. The van der Waals surface area contributed by atoms with Crippen molar-refractivity contribution >= 4 is 5.78 Å². The van der Waals surface area contributed by atoms with Crippen molar-refractivity contribution in [1.29, 1.82) is 0 Å². The fourth-order valence-corrected chi connectivity index (χ4v) is 1.72. The summed E-state index contributed by atoms with van der Waals surface area (Å²) in [5.74, 6) is 0.816. The second-order valence-electron chi connectivity index (χ2n) is 4.30. The van der Waals surface area contributed by atoms with Gasteiger partial charge in [-0.25, -0.2) is 0 Å². The maximum atomic E-state index is 11.2. The van der Waals surface area contributed by atoms with E-state index in [-0.39, 0.29) is 5.78 Å². The summed E-state index contributed by atoms with van der Waals surface area (Å²) < 4.78 is 0. The molecule has 14 heavy (non-hydrogen) atoms. The van der Waals surface area contributed by atoms with Crippen molar-refractivity contribution in [2.24, 2.45) is 5.92 Å². The van der Waals surface area contributed by atoms with Crippen LogP contribution < -0.4 is 0 Å². The van der Waals surface area contributed by atoms with Gasteiger partial charge in [0.05, 0.1) is 0 Å². The molecule has 1 aromatic rings. The van der Waals surface area contributed by atoms with Gasteiger partial charge in [-0.2, -0.15) is 0 Å². The van der Waals surface area contributed by atoms with Crippen molar-refractivity contribution in [3.63, 3.8) is 0 Å². The number of benzene rings is 1. The monoisotopic (exact) mass is 190 g/mol. The van der Waals surface area contributed by atoms with Crippen LogP contribution in [0, 0.1) is 12.8 Å². The van der Waals surface area contributed by atoms with E-state index in [0.717, 1.165) is 17.5 Å². The lowest BCUT2D eigenvalue weighted by Crippen LogP contribution is -1.99. The quantitative estimate of drug-likeness (QED) is 0.668. The fraction of sp³-hybridized carbons (Fsp3) is 0.462. The Morgan fingerprint density at radius 1 is 1.36 bits per heavy atom. The normalized spacial score (nSPS) is 10.6. The summed E-state index contributed by atoms with van der Waals surface area (Å²) in [6.07, 6.45) is 1.08. The second-order valence-corrected chi connectivity index (χ2v) is 4.30. The van der Waals surface area contributed by atoms with Crippen molar-refractivity contribution in [3.05, 3.63) is 34.9 Å². The Morgan fingerprint density at radius 2 is 2.00 bits per heavy atom. The second kappa shape index (κ2) is 4.41. The molecule has 0 saturated heterocycles. The minimum absolute atomic E-state index is 0.151. The smallest absolute Gasteiger partial charge is 0.160 e. The molecule has 0 fully saturated rings. The zero-order chi connectivity index (χ0) is 10.7. The SMILES string of the molecule is CC(=O)c1ccc(CC(C)C)cc1C. The van der Waals surface area contributed by atoms with Crippen LogP contribution in [0.2, 0.25) is 0 Å². The van der Waals surface area contributed by atoms with E-state index in [9.17, 15) is 4.79 Å². The molecule has 76 valence electrons. The first kappa shape index (κ1) is 11.0. The minimum Gasteiger partial charge on any atom is -0.295 e. The predicted octanol–water partition coefficient (Wildman–Crippen LogP) is 3.40. The third-order valence-corrected chi connectivity index (χ3v) is 2.31. The number of ketones is 1. The maximum absolute atomic E-state index is 11.2. The summed E-state index contributed by atoms with van der Waals surface area (Å²) in [4.78, 5) is 11.2. The van der Waals surface area contributed by atoms with Crippen LogP contribution in [-0.2, 0) is 6.42 Å². The standard InChI is InChI=1S/C13H18O/c1-9(2)7-12-5-6-13(11(4)14)10(3)8-12/h5-6,8-9H,7H2,1-4H3. The molecule has 0 unspecified atom stereocenters. The molecular weight excluding hydrogens is 172 g/mol. The highest BCUT2D eigenvalue weighted by Crippen LogP contribution is 2.14. The van der Waals surface area contributed by atoms with Gasteiger partial charge < -0.3 is 0 Å². The fourth-order valence-electron chi connectivity index (χ4n) is 1.72. The molecule has 1 heteroatoms. The van der Waals surface area contributed by atoms with Gasteiger partial charge in [-0.15, -0.1) is 0 Å². The van der Waals surface area contributed by atoms with Crippen molar-refractivity contribution < 1.29 is 4.79 Å². The van der Waals surface area contributed by atoms with E-state index in [4.69, 9.17) is 0 Å². The van der Waals surface area contributed by atoms with E-state index >= 15 is 0 Å². The molecule has 0 aliphatic carbocycles. The first-order valence-electron chi connectivity index (χ1n) is 5.11.